The van der Waals surface area contributed by atoms with Gasteiger partial charge in [0, 0.05) is 24.0 Å². The minimum Gasteiger partial charge on any atom is -0.504 e. The fourth-order valence-corrected chi connectivity index (χ4v) is 8.15. The van der Waals surface area contributed by atoms with Gasteiger partial charge in [-0.2, -0.15) is 22.7 Å². The topological polar surface area (TPSA) is 148 Å². The van der Waals surface area contributed by atoms with E-state index in [2.05, 4.69) is 41.3 Å². The Balaban J connectivity index is 1.32. The molecule has 1 atom stereocenters. The fourth-order valence-electron chi connectivity index (χ4n) is 5.85. The number of halogens is 5. The van der Waals surface area contributed by atoms with E-state index in [1.54, 1.807) is 28.2 Å². The largest absolute Gasteiger partial charge is 0.504 e. The van der Waals surface area contributed by atoms with Crippen LogP contribution in [-0.4, -0.2) is 64.0 Å². The summed E-state index contributed by atoms with van der Waals surface area (Å²) in [4.78, 5) is 54.2. The number of anilines is 1. The molecule has 2 N–H and O–H groups in total. The van der Waals surface area contributed by atoms with Gasteiger partial charge in [0.1, 0.15) is 12.9 Å². The van der Waals surface area contributed by atoms with E-state index in [9.17, 15) is 32.7 Å². The van der Waals surface area contributed by atoms with Crippen molar-refractivity contribution in [2.45, 2.75) is 49.4 Å². The molecule has 0 bridgehead atoms. The van der Waals surface area contributed by atoms with E-state index in [-0.39, 0.29) is 63.2 Å². The number of likely N-dealkylation sites (tertiary alicyclic amines) is 1. The number of amides is 2. The van der Waals surface area contributed by atoms with Gasteiger partial charge in [0.2, 0.25) is 16.4 Å². The predicted molar refractivity (Wildman–Crippen MR) is 161 cm³/mol. The van der Waals surface area contributed by atoms with Gasteiger partial charge < -0.3 is 19.9 Å². The molecule has 1 aromatic carbocycles. The molecule has 6 rings (SSSR count). The molecule has 2 amide bonds. The first-order valence-electron chi connectivity index (χ1n) is 13.5. The second-order valence-electron chi connectivity index (χ2n) is 10.7. The number of benzene rings is 1. The molecular weight excluding hydrogens is 705 g/mol. The minimum atomic E-state index is -4.60. The third-order valence-electron chi connectivity index (χ3n) is 7.94. The number of hydrogen-bond acceptors (Lipinski definition) is 9. The molecule has 236 valence electrons. The zero-order chi connectivity index (χ0) is 32.4. The van der Waals surface area contributed by atoms with Crippen molar-refractivity contribution >= 4 is 62.6 Å². The molecule has 45 heavy (non-hydrogen) atoms. The molecule has 0 saturated carbocycles. The van der Waals surface area contributed by atoms with Crippen LogP contribution in [-0.2, 0) is 22.3 Å². The zero-order valence-electron chi connectivity index (χ0n) is 23.5. The number of thioether (sulfide) groups is 1. The molecule has 1 unspecified atom stereocenters. The van der Waals surface area contributed by atoms with Crippen molar-refractivity contribution in [1.82, 2.24) is 34.0 Å². The maximum Gasteiger partial charge on any atom is 0.416 e. The Morgan fingerprint density at radius 3 is 2.62 bits per heavy atom. The van der Waals surface area contributed by atoms with Crippen molar-refractivity contribution in [2.24, 2.45) is 0 Å². The molecule has 1 fully saturated rings. The van der Waals surface area contributed by atoms with Crippen LogP contribution in [0.15, 0.2) is 34.1 Å². The van der Waals surface area contributed by atoms with Crippen LogP contribution in [0.2, 0.25) is 5.02 Å². The summed E-state index contributed by atoms with van der Waals surface area (Å²) in [5.41, 5.74) is -0.168. The monoisotopic (exact) mass is 726 g/mol. The molecule has 5 heterocycles. The maximum absolute atomic E-state index is 13.9. The number of piperidine rings is 1. The average molecular weight is 728 g/mol. The van der Waals surface area contributed by atoms with Gasteiger partial charge in [0.25, 0.3) is 11.5 Å². The van der Waals surface area contributed by atoms with Gasteiger partial charge in [-0.25, -0.2) is 9.97 Å². The Hall–Kier alpha value is -3.70. The maximum atomic E-state index is 13.9. The number of aryl methyl sites for hydroxylation is 1. The first-order valence-corrected chi connectivity index (χ1v) is 15.6. The lowest BCUT2D eigenvalue weighted by atomic mass is 9.87. The van der Waals surface area contributed by atoms with Gasteiger partial charge >= 0.3 is 6.18 Å². The quantitative estimate of drug-likeness (QED) is 0.305. The summed E-state index contributed by atoms with van der Waals surface area (Å²) in [6.45, 7) is 3.67. The first-order chi connectivity index (χ1) is 21.2. The van der Waals surface area contributed by atoms with Gasteiger partial charge in [-0.1, -0.05) is 11.6 Å². The van der Waals surface area contributed by atoms with E-state index >= 15 is 0 Å². The molecule has 18 heteroatoms. The van der Waals surface area contributed by atoms with Gasteiger partial charge in [0.15, 0.2) is 11.4 Å². The standard InChI is InChI=1S/C27H23BrClF3N8O4S/c1-12-21(42)19(34-11-33-12)23(44)38-7-5-26(6-8-38)18-20(13(2)45-26)39(25-36-24(28)37-40(25)22(18)43)10-17(41)35-16-4-3-14(9-15(16)29)27(30,31)32/h3-4,9,11,13,42H,5-8,10H2,1-2H3,(H,35,41). The van der Waals surface area contributed by atoms with Crippen molar-refractivity contribution in [3.8, 4) is 5.75 Å². The highest BCUT2D eigenvalue weighted by atomic mass is 79.9. The third-order valence-corrected chi connectivity index (χ3v) is 10.2. The number of nitrogens with zero attached hydrogens (tertiary/aromatic N) is 7. The van der Waals surface area contributed by atoms with Gasteiger partial charge in [-0.3, -0.25) is 14.4 Å². The van der Waals surface area contributed by atoms with Crippen LogP contribution in [0.1, 0.15) is 58.0 Å². The molecule has 1 saturated heterocycles. The summed E-state index contributed by atoms with van der Waals surface area (Å²) in [7, 11) is 0. The Bertz CT molecular complexity index is 1940. The Kier molecular flexibility index (Phi) is 7.84. The number of aromatic hydroxyl groups is 1. The molecule has 0 aliphatic carbocycles. The number of carbonyl (C=O) groups excluding carboxylic acids is 2. The lowest BCUT2D eigenvalue weighted by Crippen LogP contribution is -2.45. The normalized spacial score (nSPS) is 17.6. The zero-order valence-corrected chi connectivity index (χ0v) is 26.7. The lowest BCUT2D eigenvalue weighted by molar-refractivity contribution is -0.137. The fraction of sp³-hybridized carbons (Fsp3) is 0.370. The van der Waals surface area contributed by atoms with E-state index in [0.29, 0.717) is 24.1 Å². The van der Waals surface area contributed by atoms with Crippen LogP contribution in [0.5, 0.6) is 5.75 Å². The van der Waals surface area contributed by atoms with E-state index in [1.165, 1.54) is 6.33 Å². The van der Waals surface area contributed by atoms with Crippen LogP contribution >= 0.6 is 39.3 Å². The molecule has 2 aliphatic heterocycles. The molecule has 0 radical (unpaired) electrons. The smallest absolute Gasteiger partial charge is 0.416 e. The molecule has 3 aromatic heterocycles. The van der Waals surface area contributed by atoms with E-state index in [4.69, 9.17) is 11.6 Å². The Morgan fingerprint density at radius 1 is 1.24 bits per heavy atom. The van der Waals surface area contributed by atoms with Crippen LogP contribution in [0.25, 0.3) is 5.78 Å². The van der Waals surface area contributed by atoms with Crippen LogP contribution in [0, 0.1) is 6.92 Å². The van der Waals surface area contributed by atoms with Crippen molar-refractivity contribution < 1.29 is 27.9 Å². The van der Waals surface area contributed by atoms with Crippen LogP contribution in [0.3, 0.4) is 0 Å². The van der Waals surface area contributed by atoms with E-state index < -0.39 is 33.9 Å². The van der Waals surface area contributed by atoms with E-state index in [1.807, 2.05) is 6.92 Å². The number of alkyl halides is 3. The number of carbonyl (C=O) groups is 2. The third kappa shape index (κ3) is 5.43. The number of rotatable bonds is 4. The highest BCUT2D eigenvalue weighted by Crippen LogP contribution is 2.58. The number of aromatic nitrogens is 6. The molecule has 2 aliphatic rings. The summed E-state index contributed by atoms with van der Waals surface area (Å²) in [5, 5.41) is 16.5. The number of hydrogen-bond donors (Lipinski definition) is 2. The summed E-state index contributed by atoms with van der Waals surface area (Å²) in [6, 6.07) is 2.63. The molecule has 1 spiro atoms. The number of fused-ring (bicyclic) bond motifs is 3. The molecule has 4 aromatic rings. The summed E-state index contributed by atoms with van der Waals surface area (Å²) < 4.78 is 41.4. The van der Waals surface area contributed by atoms with Crippen molar-refractivity contribution in [3.05, 3.63) is 72.8 Å². The second-order valence-corrected chi connectivity index (χ2v) is 13.5. The van der Waals surface area contributed by atoms with Crippen LogP contribution in [0.4, 0.5) is 18.9 Å². The number of nitrogens with one attached hydrogen (secondary N) is 1. The Labute approximate surface area is 270 Å². The second kappa shape index (κ2) is 11.3. The Morgan fingerprint density at radius 2 is 1.96 bits per heavy atom. The van der Waals surface area contributed by atoms with Gasteiger partial charge in [-0.15, -0.1) is 16.9 Å². The lowest BCUT2D eigenvalue weighted by Gasteiger charge is -2.39. The van der Waals surface area contributed by atoms with Gasteiger partial charge in [0.05, 0.1) is 32.3 Å². The van der Waals surface area contributed by atoms with Gasteiger partial charge in [-0.05, 0) is 60.8 Å². The molecule has 12 nitrogen and oxygen atoms in total. The highest BCUT2D eigenvalue weighted by molar-refractivity contribution is 9.10. The summed E-state index contributed by atoms with van der Waals surface area (Å²) in [5.74, 6) is -1.24. The summed E-state index contributed by atoms with van der Waals surface area (Å²) >= 11 is 10.8. The summed E-state index contributed by atoms with van der Waals surface area (Å²) in [6.07, 6.45) is -2.59. The molecular formula is C27H23BrClF3N8O4S. The SMILES string of the molecule is Cc1ncnc(C(=O)N2CCC3(CC2)SC(C)c2c3c(=O)n3nc(Br)nc3n2CC(=O)Nc2ccc(C(F)(F)F)cc2Cl)c1O. The van der Waals surface area contributed by atoms with Crippen molar-refractivity contribution in [2.75, 3.05) is 18.4 Å². The van der Waals surface area contributed by atoms with E-state index in [0.717, 1.165) is 22.7 Å². The minimum absolute atomic E-state index is 0.00752. The van der Waals surface area contributed by atoms with Crippen molar-refractivity contribution in [1.29, 1.82) is 0 Å². The average Bonchev–Trinajstić information content (AvgIpc) is 3.50. The predicted octanol–water partition coefficient (Wildman–Crippen LogP) is 4.71. The van der Waals surface area contributed by atoms with Crippen LogP contribution < -0.4 is 10.9 Å². The van der Waals surface area contributed by atoms with Crippen molar-refractivity contribution in [3.63, 3.8) is 0 Å². The first kappa shape index (κ1) is 31.3. The highest BCUT2D eigenvalue weighted by Gasteiger charge is 2.50.